The monoisotopic (exact) mass is 286 g/mol. The molecule has 0 bridgehead atoms. The Bertz CT molecular complexity index is 333. The van der Waals surface area contributed by atoms with E-state index in [-0.39, 0.29) is 23.8 Å². The highest BCUT2D eigenvalue weighted by Gasteiger charge is 2.26. The predicted octanol–water partition coefficient (Wildman–Crippen LogP) is 1.79. The maximum Gasteiger partial charge on any atom is 0.405 e. The average molecular weight is 286 g/mol. The van der Waals surface area contributed by atoms with Crippen molar-refractivity contribution in [3.05, 3.63) is 0 Å². The summed E-state index contributed by atoms with van der Waals surface area (Å²) < 4.78 is 0. The highest BCUT2D eigenvalue weighted by molar-refractivity contribution is 5.85. The van der Waals surface area contributed by atoms with Crippen molar-refractivity contribution in [1.82, 2.24) is 10.6 Å². The lowest BCUT2D eigenvalue weighted by Gasteiger charge is -2.31. The molecular weight excluding hydrogens is 260 g/mol. The van der Waals surface area contributed by atoms with Gasteiger partial charge < -0.3 is 20.5 Å². The van der Waals surface area contributed by atoms with Gasteiger partial charge in [0.25, 0.3) is 0 Å². The normalized spacial score (nSPS) is 16.6. The van der Waals surface area contributed by atoms with E-state index in [1.54, 1.807) is 0 Å². The second-order valence-electron chi connectivity index (χ2n) is 5.31. The van der Waals surface area contributed by atoms with Gasteiger partial charge in [-0.25, -0.2) is 4.79 Å². The van der Waals surface area contributed by atoms with Crippen molar-refractivity contribution in [3.8, 4) is 0 Å². The molecule has 0 radical (unpaired) electrons. The summed E-state index contributed by atoms with van der Waals surface area (Å²) in [5.74, 6) is 0.0874. The van der Waals surface area contributed by atoms with Gasteiger partial charge in [-0.1, -0.05) is 27.2 Å². The number of nitrogens with one attached hydrogen (secondary N) is 2. The lowest BCUT2D eigenvalue weighted by atomic mass is 9.86. The molecule has 0 saturated carbocycles. The second kappa shape index (κ2) is 9.34. The molecule has 116 valence electrons. The Labute approximate surface area is 120 Å². The van der Waals surface area contributed by atoms with Gasteiger partial charge >= 0.3 is 6.09 Å². The maximum absolute atomic E-state index is 12.0. The van der Waals surface area contributed by atoms with E-state index in [0.717, 1.165) is 12.7 Å². The molecule has 3 N–H and O–H groups in total. The molecule has 2 amide bonds. The van der Waals surface area contributed by atoms with Crippen LogP contribution in [0.3, 0.4) is 0 Å². The first-order chi connectivity index (χ1) is 9.33. The van der Waals surface area contributed by atoms with E-state index in [9.17, 15) is 14.4 Å². The van der Waals surface area contributed by atoms with Gasteiger partial charge in [-0.15, -0.1) is 0 Å². The van der Waals surface area contributed by atoms with Crippen molar-refractivity contribution in [2.24, 2.45) is 11.8 Å². The number of rotatable bonds is 9. The molecule has 20 heavy (non-hydrogen) atoms. The zero-order chi connectivity index (χ0) is 15.7. The second-order valence-corrected chi connectivity index (χ2v) is 5.31. The fraction of sp³-hybridized carbons (Fsp3) is 0.786. The summed E-state index contributed by atoms with van der Waals surface area (Å²) in [5.41, 5.74) is 0. The van der Waals surface area contributed by atoms with Crippen LogP contribution >= 0.6 is 0 Å². The molecule has 0 aliphatic carbocycles. The molecule has 0 heterocycles. The van der Waals surface area contributed by atoms with E-state index in [0.29, 0.717) is 12.8 Å². The van der Waals surface area contributed by atoms with Gasteiger partial charge in [0.1, 0.15) is 12.3 Å². The van der Waals surface area contributed by atoms with Crippen LogP contribution in [0.15, 0.2) is 0 Å². The minimum absolute atomic E-state index is 0.0644. The van der Waals surface area contributed by atoms with E-state index in [1.807, 2.05) is 20.8 Å². The van der Waals surface area contributed by atoms with Crippen molar-refractivity contribution < 1.29 is 19.5 Å². The minimum atomic E-state index is -1.22. The van der Waals surface area contributed by atoms with Crippen LogP contribution in [0.1, 0.15) is 47.0 Å². The van der Waals surface area contributed by atoms with Crippen molar-refractivity contribution in [2.45, 2.75) is 59.0 Å². The summed E-state index contributed by atoms with van der Waals surface area (Å²) in [6, 6.07) is -0.858. The number of carbonyl (C=O) groups is 3. The third kappa shape index (κ3) is 6.54. The molecule has 0 aromatic rings. The molecule has 0 spiro atoms. The molecule has 6 heteroatoms. The van der Waals surface area contributed by atoms with Gasteiger partial charge in [-0.2, -0.15) is 0 Å². The van der Waals surface area contributed by atoms with Gasteiger partial charge in [-0.05, 0) is 25.2 Å². The van der Waals surface area contributed by atoms with Crippen LogP contribution in [-0.4, -0.2) is 35.5 Å². The summed E-state index contributed by atoms with van der Waals surface area (Å²) in [7, 11) is 0. The fourth-order valence-electron chi connectivity index (χ4n) is 2.15. The Hall–Kier alpha value is -1.59. The first-order valence-corrected chi connectivity index (χ1v) is 7.06. The summed E-state index contributed by atoms with van der Waals surface area (Å²) in [6.07, 6.45) is 1.73. The van der Waals surface area contributed by atoms with Crippen molar-refractivity contribution in [1.29, 1.82) is 0 Å². The number of carboxylic acid groups (broad SMARTS) is 1. The first kappa shape index (κ1) is 18.4. The van der Waals surface area contributed by atoms with Crippen LogP contribution < -0.4 is 10.6 Å². The SMILES string of the molecule is CCC(C)C(NC(=O)C(C)NC(=O)O)C(C)CCC=O. The Morgan fingerprint density at radius 3 is 2.20 bits per heavy atom. The molecular formula is C14H26N2O4. The molecule has 0 rings (SSSR count). The van der Waals surface area contributed by atoms with E-state index in [2.05, 4.69) is 10.6 Å². The molecule has 0 aromatic heterocycles. The molecule has 0 aliphatic rings. The summed E-state index contributed by atoms with van der Waals surface area (Å²) >= 11 is 0. The van der Waals surface area contributed by atoms with Gasteiger partial charge in [-0.3, -0.25) is 4.79 Å². The topological polar surface area (TPSA) is 95.5 Å². The molecule has 0 aromatic carbocycles. The van der Waals surface area contributed by atoms with E-state index in [4.69, 9.17) is 5.11 Å². The van der Waals surface area contributed by atoms with Crippen LogP contribution in [0, 0.1) is 11.8 Å². The largest absolute Gasteiger partial charge is 0.465 e. The molecule has 0 aliphatic heterocycles. The minimum Gasteiger partial charge on any atom is -0.465 e. The van der Waals surface area contributed by atoms with Gasteiger partial charge in [0.15, 0.2) is 0 Å². The Morgan fingerprint density at radius 2 is 1.75 bits per heavy atom. The summed E-state index contributed by atoms with van der Waals surface area (Å²) in [6.45, 7) is 7.58. The molecule has 0 fully saturated rings. The highest BCUT2D eigenvalue weighted by Crippen LogP contribution is 2.20. The third-order valence-electron chi connectivity index (χ3n) is 3.65. The number of carbonyl (C=O) groups excluding carboxylic acids is 2. The Balaban J connectivity index is 4.67. The van der Waals surface area contributed by atoms with Crippen LogP contribution in [0.5, 0.6) is 0 Å². The highest BCUT2D eigenvalue weighted by atomic mass is 16.4. The zero-order valence-corrected chi connectivity index (χ0v) is 12.7. The van der Waals surface area contributed by atoms with E-state index >= 15 is 0 Å². The first-order valence-electron chi connectivity index (χ1n) is 7.06. The van der Waals surface area contributed by atoms with E-state index in [1.165, 1.54) is 6.92 Å². The third-order valence-corrected chi connectivity index (χ3v) is 3.65. The number of amides is 2. The van der Waals surface area contributed by atoms with Gasteiger partial charge in [0.2, 0.25) is 5.91 Å². The van der Waals surface area contributed by atoms with Crippen LogP contribution in [0.4, 0.5) is 4.79 Å². The Morgan fingerprint density at radius 1 is 1.15 bits per heavy atom. The number of hydrogen-bond donors (Lipinski definition) is 3. The van der Waals surface area contributed by atoms with Crippen molar-refractivity contribution >= 4 is 18.3 Å². The summed E-state index contributed by atoms with van der Waals surface area (Å²) in [4.78, 5) is 33.0. The molecule has 0 saturated heterocycles. The van der Waals surface area contributed by atoms with Crippen LogP contribution in [0.25, 0.3) is 0 Å². The fourth-order valence-corrected chi connectivity index (χ4v) is 2.15. The Kier molecular flexibility index (Phi) is 8.59. The van der Waals surface area contributed by atoms with Crippen molar-refractivity contribution in [2.75, 3.05) is 0 Å². The predicted molar refractivity (Wildman–Crippen MR) is 76.5 cm³/mol. The number of aldehydes is 1. The molecule has 4 atom stereocenters. The lowest BCUT2D eigenvalue weighted by Crippen LogP contribution is -2.51. The standard InChI is InChI=1S/C14H26N2O4/c1-5-9(2)12(10(3)7-6-8-17)16-13(18)11(4)15-14(19)20/h8-12,15H,5-7H2,1-4H3,(H,16,18)(H,19,20). The molecule has 4 unspecified atom stereocenters. The van der Waals surface area contributed by atoms with Gasteiger partial charge in [0.05, 0.1) is 0 Å². The lowest BCUT2D eigenvalue weighted by molar-refractivity contribution is -0.124. The van der Waals surface area contributed by atoms with E-state index < -0.39 is 12.1 Å². The summed E-state index contributed by atoms with van der Waals surface area (Å²) in [5, 5.41) is 13.7. The van der Waals surface area contributed by atoms with Gasteiger partial charge in [0, 0.05) is 12.5 Å². The molecule has 6 nitrogen and oxygen atoms in total. The van der Waals surface area contributed by atoms with Crippen LogP contribution in [-0.2, 0) is 9.59 Å². The smallest absolute Gasteiger partial charge is 0.405 e. The average Bonchev–Trinajstić information content (AvgIpc) is 2.40. The quantitative estimate of drug-likeness (QED) is 0.563. The van der Waals surface area contributed by atoms with Crippen molar-refractivity contribution in [3.63, 3.8) is 0 Å². The number of hydrogen-bond acceptors (Lipinski definition) is 3. The van der Waals surface area contributed by atoms with Crippen LogP contribution in [0.2, 0.25) is 0 Å². The zero-order valence-electron chi connectivity index (χ0n) is 12.7. The maximum atomic E-state index is 12.0.